The topological polar surface area (TPSA) is 38.7 Å². The first-order chi connectivity index (χ1) is 6.95. The minimum atomic E-state index is -0.508. The van der Waals surface area contributed by atoms with Gasteiger partial charge in [-0.2, -0.15) is 0 Å². The summed E-state index contributed by atoms with van der Waals surface area (Å²) < 4.78 is 10.8. The van der Waals surface area contributed by atoms with Gasteiger partial charge in [-0.1, -0.05) is 19.8 Å². The van der Waals surface area contributed by atoms with E-state index in [1.165, 1.54) is 12.8 Å². The van der Waals surface area contributed by atoms with Crippen LogP contribution in [0.15, 0.2) is 0 Å². The molecule has 0 aliphatic carbocycles. The van der Waals surface area contributed by atoms with Gasteiger partial charge in [0, 0.05) is 6.61 Å². The molecule has 15 heavy (non-hydrogen) atoms. The van der Waals surface area contributed by atoms with Crippen LogP contribution in [-0.2, 0) is 9.47 Å². The highest BCUT2D eigenvalue weighted by Gasteiger charge is 2.13. The van der Waals surface area contributed by atoms with Crippen LogP contribution in [-0.4, -0.2) is 36.6 Å². The molecule has 3 nitrogen and oxygen atoms in total. The smallest absolute Gasteiger partial charge is 0.101 e. The Kier molecular flexibility index (Phi) is 8.02. The Hall–Kier alpha value is -0.120. The molecule has 0 rings (SSSR count). The molecule has 0 radical (unpaired) electrons. The van der Waals surface area contributed by atoms with Crippen molar-refractivity contribution < 1.29 is 14.6 Å². The van der Waals surface area contributed by atoms with E-state index in [-0.39, 0.29) is 5.60 Å². The van der Waals surface area contributed by atoms with Gasteiger partial charge in [-0.05, 0) is 27.2 Å². The molecule has 0 aromatic heterocycles. The van der Waals surface area contributed by atoms with Gasteiger partial charge < -0.3 is 14.6 Å². The van der Waals surface area contributed by atoms with Gasteiger partial charge in [0.2, 0.25) is 0 Å². The van der Waals surface area contributed by atoms with Crippen molar-refractivity contribution in [2.75, 3.05) is 19.8 Å². The highest BCUT2D eigenvalue weighted by molar-refractivity contribution is 4.61. The van der Waals surface area contributed by atoms with Crippen molar-refractivity contribution in [2.45, 2.75) is 58.7 Å². The van der Waals surface area contributed by atoms with Crippen LogP contribution in [0.5, 0.6) is 0 Å². The standard InChI is InChI=1S/C12H26O3/c1-5-6-7-8-14-9-11(13)10-15-12(2,3)4/h11,13H,5-10H2,1-4H3. The molecule has 3 heteroatoms. The molecule has 0 aromatic carbocycles. The van der Waals surface area contributed by atoms with E-state index in [2.05, 4.69) is 6.92 Å². The summed E-state index contributed by atoms with van der Waals surface area (Å²) in [6.45, 7) is 9.54. The van der Waals surface area contributed by atoms with Gasteiger partial charge in [0.15, 0.2) is 0 Å². The zero-order valence-electron chi connectivity index (χ0n) is 10.6. The van der Waals surface area contributed by atoms with Crippen molar-refractivity contribution >= 4 is 0 Å². The van der Waals surface area contributed by atoms with Gasteiger partial charge in [-0.25, -0.2) is 0 Å². The molecule has 0 fully saturated rings. The second-order valence-electron chi connectivity index (χ2n) is 4.86. The number of ether oxygens (including phenoxy) is 2. The third-order valence-corrected chi connectivity index (χ3v) is 1.91. The average molecular weight is 218 g/mol. The van der Waals surface area contributed by atoms with Crippen LogP contribution < -0.4 is 0 Å². The van der Waals surface area contributed by atoms with Crippen LogP contribution in [0.4, 0.5) is 0 Å². The van der Waals surface area contributed by atoms with Crippen LogP contribution >= 0.6 is 0 Å². The van der Waals surface area contributed by atoms with E-state index in [4.69, 9.17) is 9.47 Å². The number of unbranched alkanes of at least 4 members (excludes halogenated alkanes) is 2. The summed E-state index contributed by atoms with van der Waals surface area (Å²) in [6.07, 6.45) is 2.95. The molecule has 1 N–H and O–H groups in total. The molecule has 0 spiro atoms. The maximum atomic E-state index is 9.52. The number of aliphatic hydroxyl groups is 1. The van der Waals surface area contributed by atoms with Crippen molar-refractivity contribution in [1.29, 1.82) is 0 Å². The van der Waals surface area contributed by atoms with Crippen LogP contribution in [0.1, 0.15) is 47.0 Å². The first-order valence-corrected chi connectivity index (χ1v) is 5.85. The van der Waals surface area contributed by atoms with Crippen molar-refractivity contribution in [2.24, 2.45) is 0 Å². The zero-order chi connectivity index (χ0) is 11.7. The summed E-state index contributed by atoms with van der Waals surface area (Å²) in [4.78, 5) is 0. The maximum absolute atomic E-state index is 9.52. The molecule has 0 aromatic rings. The van der Waals surface area contributed by atoms with E-state index in [0.29, 0.717) is 13.2 Å². The Balaban J connectivity index is 3.30. The lowest BCUT2D eigenvalue weighted by Crippen LogP contribution is -2.29. The fraction of sp³-hybridized carbons (Fsp3) is 1.00. The molecule has 1 unspecified atom stereocenters. The second-order valence-corrected chi connectivity index (χ2v) is 4.86. The largest absolute Gasteiger partial charge is 0.388 e. The summed E-state index contributed by atoms with van der Waals surface area (Å²) in [6, 6.07) is 0. The first-order valence-electron chi connectivity index (χ1n) is 5.85. The quantitative estimate of drug-likeness (QED) is 0.636. The van der Waals surface area contributed by atoms with Crippen molar-refractivity contribution in [3.63, 3.8) is 0 Å². The molecule has 0 saturated heterocycles. The predicted molar refractivity (Wildman–Crippen MR) is 62.1 cm³/mol. The summed E-state index contributed by atoms with van der Waals surface area (Å²) in [7, 11) is 0. The van der Waals surface area contributed by atoms with E-state index < -0.39 is 6.10 Å². The van der Waals surface area contributed by atoms with Gasteiger partial charge in [0.1, 0.15) is 6.10 Å². The molecule has 0 aliphatic rings. The average Bonchev–Trinajstić information content (AvgIpc) is 2.13. The molecule has 92 valence electrons. The first kappa shape index (κ1) is 14.9. The summed E-state index contributed by atoms with van der Waals surface area (Å²) in [5.74, 6) is 0. The van der Waals surface area contributed by atoms with Gasteiger partial charge >= 0.3 is 0 Å². The minimum Gasteiger partial charge on any atom is -0.388 e. The monoisotopic (exact) mass is 218 g/mol. The molecule has 0 aliphatic heterocycles. The zero-order valence-corrected chi connectivity index (χ0v) is 10.6. The normalized spacial score (nSPS) is 14.2. The van der Waals surface area contributed by atoms with E-state index in [1.54, 1.807) is 0 Å². The van der Waals surface area contributed by atoms with Gasteiger partial charge in [-0.3, -0.25) is 0 Å². The van der Waals surface area contributed by atoms with E-state index in [1.807, 2.05) is 20.8 Å². The Bertz CT molecular complexity index is 140. The molecule has 0 amide bonds. The molecular formula is C12H26O3. The summed E-state index contributed by atoms with van der Waals surface area (Å²) in [5.41, 5.74) is -0.191. The molecule has 1 atom stereocenters. The number of aliphatic hydroxyl groups excluding tert-OH is 1. The maximum Gasteiger partial charge on any atom is 0.101 e. The number of rotatable bonds is 8. The predicted octanol–water partition coefficient (Wildman–Crippen LogP) is 2.37. The van der Waals surface area contributed by atoms with Crippen LogP contribution in [0.25, 0.3) is 0 Å². The Morgan fingerprint density at radius 3 is 2.33 bits per heavy atom. The summed E-state index contributed by atoms with van der Waals surface area (Å²) >= 11 is 0. The minimum absolute atomic E-state index is 0.191. The van der Waals surface area contributed by atoms with Gasteiger partial charge in [0.05, 0.1) is 18.8 Å². The van der Waals surface area contributed by atoms with Gasteiger partial charge in [0.25, 0.3) is 0 Å². The lowest BCUT2D eigenvalue weighted by Gasteiger charge is -2.21. The highest BCUT2D eigenvalue weighted by Crippen LogP contribution is 2.07. The fourth-order valence-electron chi connectivity index (χ4n) is 1.07. The van der Waals surface area contributed by atoms with Crippen LogP contribution in [0, 0.1) is 0 Å². The molecule has 0 heterocycles. The summed E-state index contributed by atoms with van der Waals surface area (Å²) in [5, 5.41) is 9.52. The third-order valence-electron chi connectivity index (χ3n) is 1.91. The molecule has 0 bridgehead atoms. The molecule has 0 saturated carbocycles. The van der Waals surface area contributed by atoms with Crippen LogP contribution in [0.3, 0.4) is 0 Å². The van der Waals surface area contributed by atoms with E-state index in [9.17, 15) is 5.11 Å². The Labute approximate surface area is 93.8 Å². The lowest BCUT2D eigenvalue weighted by molar-refractivity contribution is -0.0715. The van der Waals surface area contributed by atoms with Crippen molar-refractivity contribution in [3.05, 3.63) is 0 Å². The lowest BCUT2D eigenvalue weighted by atomic mass is 10.2. The van der Waals surface area contributed by atoms with Crippen molar-refractivity contribution in [3.8, 4) is 0 Å². The third kappa shape index (κ3) is 11.8. The van der Waals surface area contributed by atoms with Crippen molar-refractivity contribution in [1.82, 2.24) is 0 Å². The van der Waals surface area contributed by atoms with E-state index in [0.717, 1.165) is 13.0 Å². The number of hydrogen-bond acceptors (Lipinski definition) is 3. The highest BCUT2D eigenvalue weighted by atomic mass is 16.5. The van der Waals surface area contributed by atoms with E-state index >= 15 is 0 Å². The Morgan fingerprint density at radius 2 is 1.80 bits per heavy atom. The molecular weight excluding hydrogens is 192 g/mol. The number of hydrogen-bond donors (Lipinski definition) is 1. The van der Waals surface area contributed by atoms with Gasteiger partial charge in [-0.15, -0.1) is 0 Å². The second kappa shape index (κ2) is 8.08. The fourth-order valence-corrected chi connectivity index (χ4v) is 1.07. The SMILES string of the molecule is CCCCCOCC(O)COC(C)(C)C. The van der Waals surface area contributed by atoms with Crippen LogP contribution in [0.2, 0.25) is 0 Å². The Morgan fingerprint density at radius 1 is 1.13 bits per heavy atom.